The van der Waals surface area contributed by atoms with Crippen molar-refractivity contribution < 1.29 is 37.0 Å². The van der Waals surface area contributed by atoms with Gasteiger partial charge in [0.25, 0.3) is 0 Å². The number of rotatable bonds is 9. The number of benzene rings is 1. The number of carbonyl (C=O) groups excluding carboxylic acids is 2. The standard InChI is InChI=1S/C32H46F2N2O7Si/c1-10-40-28(38)22-16-35(19-11-12-19)25-21(26(22)37)14-23(33)24(34)27(25)41-17-20-13-18(32(8,9)43-44-31(5,6)7)15-36(20)29(39)42-30(2,3)4/h14,16,18-20H,10-13,15,17,44H2,1-9H3/t18-,20+/m1/s1. The van der Waals surface area contributed by atoms with Crippen LogP contribution in [0.2, 0.25) is 5.04 Å². The van der Waals surface area contributed by atoms with Crippen LogP contribution >= 0.6 is 0 Å². The minimum absolute atomic E-state index is 0.0582. The van der Waals surface area contributed by atoms with Crippen molar-refractivity contribution in [2.24, 2.45) is 5.92 Å². The highest BCUT2D eigenvalue weighted by Crippen LogP contribution is 2.42. The van der Waals surface area contributed by atoms with E-state index in [9.17, 15) is 18.8 Å². The maximum atomic E-state index is 15.5. The summed E-state index contributed by atoms with van der Waals surface area (Å²) in [7, 11) is -0.902. The van der Waals surface area contributed by atoms with Crippen LogP contribution in [0.5, 0.6) is 5.75 Å². The van der Waals surface area contributed by atoms with E-state index in [1.54, 1.807) is 37.2 Å². The Hall–Kier alpha value is -2.99. The molecule has 2 atom stereocenters. The minimum Gasteiger partial charge on any atom is -0.486 e. The third-order valence-corrected chi connectivity index (χ3v) is 9.68. The van der Waals surface area contributed by atoms with E-state index in [2.05, 4.69) is 20.8 Å². The number of fused-ring (bicyclic) bond motifs is 1. The number of esters is 1. The molecule has 4 rings (SSSR count). The van der Waals surface area contributed by atoms with E-state index >= 15 is 4.39 Å². The van der Waals surface area contributed by atoms with Gasteiger partial charge in [0, 0.05) is 24.7 Å². The molecule has 0 bridgehead atoms. The number of hydrogen-bond acceptors (Lipinski definition) is 7. The molecule has 2 fully saturated rings. The molecule has 1 aliphatic heterocycles. The van der Waals surface area contributed by atoms with E-state index in [1.807, 2.05) is 13.8 Å². The van der Waals surface area contributed by atoms with Gasteiger partial charge in [0.05, 0.1) is 29.2 Å². The molecule has 0 spiro atoms. The Labute approximate surface area is 260 Å². The first-order valence-electron chi connectivity index (χ1n) is 15.3. The summed E-state index contributed by atoms with van der Waals surface area (Å²) in [6.45, 7) is 17.6. The monoisotopic (exact) mass is 636 g/mol. The molecule has 1 aliphatic carbocycles. The summed E-state index contributed by atoms with van der Waals surface area (Å²) in [5.74, 6) is -3.84. The van der Waals surface area contributed by atoms with Crippen molar-refractivity contribution in [1.29, 1.82) is 0 Å². The maximum Gasteiger partial charge on any atom is 0.410 e. The van der Waals surface area contributed by atoms with Crippen LogP contribution in [0, 0.1) is 17.6 Å². The highest BCUT2D eigenvalue weighted by molar-refractivity contribution is 6.31. The fourth-order valence-corrected chi connectivity index (χ4v) is 6.42. The van der Waals surface area contributed by atoms with Gasteiger partial charge in [-0.15, -0.1) is 0 Å². The van der Waals surface area contributed by atoms with Crippen LogP contribution in [0.1, 0.15) is 98.0 Å². The molecule has 2 aromatic rings. The van der Waals surface area contributed by atoms with E-state index in [-0.39, 0.29) is 46.7 Å². The Morgan fingerprint density at radius 1 is 1.07 bits per heavy atom. The Morgan fingerprint density at radius 3 is 2.30 bits per heavy atom. The number of amides is 1. The molecule has 0 unspecified atom stereocenters. The number of likely N-dealkylation sites (tertiary alicyclic amines) is 1. The first kappa shape index (κ1) is 33.9. The first-order chi connectivity index (χ1) is 20.3. The third kappa shape index (κ3) is 7.62. The number of hydrogen-bond donors (Lipinski definition) is 0. The predicted octanol–water partition coefficient (Wildman–Crippen LogP) is 5.89. The lowest BCUT2D eigenvalue weighted by molar-refractivity contribution is 0.0145. The van der Waals surface area contributed by atoms with Crippen molar-refractivity contribution in [3.63, 3.8) is 0 Å². The van der Waals surface area contributed by atoms with E-state index in [4.69, 9.17) is 18.6 Å². The van der Waals surface area contributed by atoms with Crippen LogP contribution in [0.3, 0.4) is 0 Å². The van der Waals surface area contributed by atoms with Crippen molar-refractivity contribution in [3.05, 3.63) is 39.7 Å². The number of halogens is 2. The Bertz CT molecular complexity index is 1470. The maximum absolute atomic E-state index is 15.5. The number of aromatic nitrogens is 1. The molecule has 12 heteroatoms. The quantitative estimate of drug-likeness (QED) is 0.250. The summed E-state index contributed by atoms with van der Waals surface area (Å²) in [5.41, 5.74) is -2.23. The summed E-state index contributed by atoms with van der Waals surface area (Å²) >= 11 is 0. The Balaban J connectivity index is 1.71. The summed E-state index contributed by atoms with van der Waals surface area (Å²) in [5, 5.41) is -0.102. The molecule has 2 aliphatic rings. The highest BCUT2D eigenvalue weighted by Gasteiger charge is 2.45. The van der Waals surface area contributed by atoms with Gasteiger partial charge in [-0.3, -0.25) is 4.79 Å². The van der Waals surface area contributed by atoms with Crippen molar-refractivity contribution >= 4 is 32.7 Å². The van der Waals surface area contributed by atoms with Gasteiger partial charge in [0.15, 0.2) is 21.3 Å². The van der Waals surface area contributed by atoms with Gasteiger partial charge in [0.2, 0.25) is 11.2 Å². The van der Waals surface area contributed by atoms with E-state index in [0.29, 0.717) is 13.0 Å². The van der Waals surface area contributed by atoms with Gasteiger partial charge < -0.3 is 28.1 Å². The van der Waals surface area contributed by atoms with Crippen LogP contribution in [0.25, 0.3) is 10.9 Å². The summed E-state index contributed by atoms with van der Waals surface area (Å²) in [4.78, 5) is 40.8. The first-order valence-corrected chi connectivity index (χ1v) is 16.6. The van der Waals surface area contributed by atoms with Crippen LogP contribution in [-0.2, 0) is 13.9 Å². The second-order valence-electron chi connectivity index (χ2n) is 14.6. The molecule has 1 saturated carbocycles. The van der Waals surface area contributed by atoms with Crippen LogP contribution in [-0.4, -0.2) is 68.3 Å². The number of pyridine rings is 1. The normalized spacial score (nSPS) is 19.7. The van der Waals surface area contributed by atoms with Crippen LogP contribution in [0.15, 0.2) is 17.1 Å². The summed E-state index contributed by atoms with van der Waals surface area (Å²) in [6, 6.07) is 0.156. The summed E-state index contributed by atoms with van der Waals surface area (Å²) < 4.78 is 55.4. The molecule has 44 heavy (non-hydrogen) atoms. The molecule has 1 amide bonds. The number of carbonyl (C=O) groups is 2. The minimum atomic E-state index is -1.28. The van der Waals surface area contributed by atoms with E-state index in [0.717, 1.165) is 18.9 Å². The third-order valence-electron chi connectivity index (χ3n) is 7.92. The topological polar surface area (TPSA) is 96.3 Å². The lowest BCUT2D eigenvalue weighted by Gasteiger charge is -2.35. The lowest BCUT2D eigenvalue weighted by Crippen LogP contribution is -2.43. The fourth-order valence-electron chi connectivity index (χ4n) is 5.38. The molecule has 0 N–H and O–H groups in total. The SMILES string of the molecule is CCOC(=O)c1cn(C2CC2)c2c(OC[C@@H]3C[C@@H](C(C)(C)O[SiH2]C(C)(C)C)CN3C(=O)OC(C)(C)C)c(F)c(F)cc2c1=O. The van der Waals surface area contributed by atoms with E-state index < -0.39 is 61.9 Å². The van der Waals surface area contributed by atoms with Gasteiger partial charge in [-0.25, -0.2) is 14.0 Å². The summed E-state index contributed by atoms with van der Waals surface area (Å²) in [6.07, 6.45) is 2.78. The van der Waals surface area contributed by atoms with Crippen LogP contribution < -0.4 is 10.2 Å². The molecule has 0 radical (unpaired) electrons. The van der Waals surface area contributed by atoms with Gasteiger partial charge in [-0.1, -0.05) is 20.8 Å². The van der Waals surface area contributed by atoms with Crippen molar-refractivity contribution in [3.8, 4) is 5.75 Å². The van der Waals surface area contributed by atoms with Gasteiger partial charge in [0.1, 0.15) is 17.8 Å². The van der Waals surface area contributed by atoms with E-state index in [1.165, 1.54) is 6.20 Å². The Morgan fingerprint density at radius 2 is 1.73 bits per heavy atom. The van der Waals surface area contributed by atoms with Gasteiger partial charge in [-0.05, 0) is 71.9 Å². The predicted molar refractivity (Wildman–Crippen MR) is 166 cm³/mol. The number of ether oxygens (including phenoxy) is 3. The van der Waals surface area contributed by atoms with Crippen molar-refractivity contribution in [1.82, 2.24) is 9.47 Å². The van der Waals surface area contributed by atoms with Crippen molar-refractivity contribution in [2.45, 2.75) is 110 Å². The average molecular weight is 637 g/mol. The molecule has 2 heterocycles. The molecular weight excluding hydrogens is 590 g/mol. The van der Waals surface area contributed by atoms with Crippen LogP contribution in [0.4, 0.5) is 13.6 Å². The number of nitrogens with zero attached hydrogens (tertiary/aromatic N) is 2. The molecule has 9 nitrogen and oxygen atoms in total. The zero-order valence-electron chi connectivity index (χ0n) is 27.3. The zero-order valence-corrected chi connectivity index (χ0v) is 28.8. The molecule has 1 aromatic heterocycles. The highest BCUT2D eigenvalue weighted by atomic mass is 28.2. The average Bonchev–Trinajstić information content (AvgIpc) is 3.65. The fraction of sp³-hybridized carbons (Fsp3) is 0.656. The molecule has 1 saturated heterocycles. The largest absolute Gasteiger partial charge is 0.486 e. The van der Waals surface area contributed by atoms with Crippen molar-refractivity contribution in [2.75, 3.05) is 19.8 Å². The van der Waals surface area contributed by atoms with Gasteiger partial charge in [-0.2, -0.15) is 4.39 Å². The second kappa shape index (κ2) is 12.4. The molecule has 1 aromatic carbocycles. The van der Waals surface area contributed by atoms with Gasteiger partial charge >= 0.3 is 12.1 Å². The zero-order chi connectivity index (χ0) is 32.8. The smallest absolute Gasteiger partial charge is 0.410 e. The lowest BCUT2D eigenvalue weighted by atomic mass is 9.89. The Kier molecular flexibility index (Phi) is 9.57. The molecule has 244 valence electrons. The molecular formula is C32H46F2N2O7Si. The second-order valence-corrected chi connectivity index (χ2v) is 17.3.